The summed E-state index contributed by atoms with van der Waals surface area (Å²) in [5, 5.41) is 5.35. The fourth-order valence-corrected chi connectivity index (χ4v) is 2.84. The molecule has 0 aliphatic heterocycles. The van der Waals surface area contributed by atoms with Crippen molar-refractivity contribution in [2.75, 3.05) is 5.73 Å². The van der Waals surface area contributed by atoms with Crippen molar-refractivity contribution >= 4 is 23.2 Å². The Labute approximate surface area is 141 Å². The Morgan fingerprint density at radius 1 is 1.25 bits per heavy atom. The maximum atomic E-state index is 13.0. The first-order chi connectivity index (χ1) is 11.5. The van der Waals surface area contributed by atoms with Crippen molar-refractivity contribution in [2.24, 2.45) is 0 Å². The van der Waals surface area contributed by atoms with Gasteiger partial charge in [-0.05, 0) is 37.3 Å². The molecule has 1 amide bonds. The number of nitrogens with one attached hydrogen (secondary N) is 1. The Morgan fingerprint density at radius 2 is 2.00 bits per heavy atom. The van der Waals surface area contributed by atoms with Crippen LogP contribution in [-0.2, 0) is 6.54 Å². The van der Waals surface area contributed by atoms with Gasteiger partial charge in [0.25, 0.3) is 5.91 Å². The summed E-state index contributed by atoms with van der Waals surface area (Å²) >= 11 is 1.42. The van der Waals surface area contributed by atoms with Crippen LogP contribution in [0.2, 0.25) is 0 Å². The van der Waals surface area contributed by atoms with Gasteiger partial charge in [0.05, 0.1) is 12.2 Å². The Bertz CT molecular complexity index is 858. The number of thiazole rings is 1. The smallest absolute Gasteiger partial charge is 0.270 e. The van der Waals surface area contributed by atoms with Crippen LogP contribution in [0, 0.1) is 12.7 Å². The number of rotatable bonds is 4. The van der Waals surface area contributed by atoms with Crippen molar-refractivity contribution < 1.29 is 9.18 Å². The number of nitrogens with two attached hydrogens (primary N) is 1. The first kappa shape index (κ1) is 16.0. The molecule has 3 N–H and O–H groups in total. The largest absolute Gasteiger partial charge is 0.368 e. The number of anilines is 1. The Kier molecular flexibility index (Phi) is 4.48. The average molecular weight is 343 g/mol. The second-order valence-electron chi connectivity index (χ2n) is 5.07. The van der Waals surface area contributed by atoms with Crippen molar-refractivity contribution in [3.8, 4) is 11.3 Å². The molecule has 0 aliphatic carbocycles. The van der Waals surface area contributed by atoms with Crippen LogP contribution in [0.3, 0.4) is 0 Å². The summed E-state index contributed by atoms with van der Waals surface area (Å²) in [4.78, 5) is 24.4. The standard InChI is InChI=1S/C16H14FN5OS/c1-9-6-12(22-16(18)20-9)15(23)19-7-14-21-13(8-24-14)10-2-4-11(17)5-3-10/h2-6,8H,7H2,1H3,(H,19,23)(H2,18,20,22). The highest BCUT2D eigenvalue weighted by atomic mass is 32.1. The molecule has 0 fully saturated rings. The number of hydrogen-bond acceptors (Lipinski definition) is 6. The van der Waals surface area contributed by atoms with E-state index >= 15 is 0 Å². The first-order valence-electron chi connectivity index (χ1n) is 7.11. The highest BCUT2D eigenvalue weighted by molar-refractivity contribution is 7.09. The van der Waals surface area contributed by atoms with Gasteiger partial charge in [0.2, 0.25) is 5.95 Å². The second-order valence-corrected chi connectivity index (χ2v) is 6.01. The summed E-state index contributed by atoms with van der Waals surface area (Å²) in [5.41, 5.74) is 7.95. The van der Waals surface area contributed by atoms with Crippen LogP contribution >= 0.6 is 11.3 Å². The maximum Gasteiger partial charge on any atom is 0.270 e. The molecule has 8 heteroatoms. The Hall–Kier alpha value is -2.87. The molecule has 0 radical (unpaired) electrons. The summed E-state index contributed by atoms with van der Waals surface area (Å²) < 4.78 is 13.0. The van der Waals surface area contributed by atoms with Crippen LogP contribution < -0.4 is 11.1 Å². The van der Waals surface area contributed by atoms with Gasteiger partial charge in [-0.1, -0.05) is 0 Å². The molecule has 6 nitrogen and oxygen atoms in total. The van der Waals surface area contributed by atoms with Gasteiger partial charge >= 0.3 is 0 Å². The van der Waals surface area contributed by atoms with E-state index in [0.717, 1.165) is 16.3 Å². The van der Waals surface area contributed by atoms with Gasteiger partial charge in [-0.15, -0.1) is 11.3 Å². The zero-order valence-corrected chi connectivity index (χ0v) is 13.6. The molecule has 0 atom stereocenters. The molecule has 0 bridgehead atoms. The monoisotopic (exact) mass is 343 g/mol. The Balaban J connectivity index is 1.67. The highest BCUT2D eigenvalue weighted by Gasteiger charge is 2.11. The maximum absolute atomic E-state index is 13.0. The fraction of sp³-hybridized carbons (Fsp3) is 0.125. The SMILES string of the molecule is Cc1cc(C(=O)NCc2nc(-c3ccc(F)cc3)cs2)nc(N)n1. The lowest BCUT2D eigenvalue weighted by Gasteiger charge is -2.04. The van der Waals surface area contributed by atoms with Crippen LogP contribution in [0.25, 0.3) is 11.3 Å². The zero-order valence-electron chi connectivity index (χ0n) is 12.8. The van der Waals surface area contributed by atoms with E-state index in [4.69, 9.17) is 5.73 Å². The van der Waals surface area contributed by atoms with Gasteiger partial charge < -0.3 is 11.1 Å². The summed E-state index contributed by atoms with van der Waals surface area (Å²) in [7, 11) is 0. The molecule has 0 unspecified atom stereocenters. The van der Waals surface area contributed by atoms with E-state index in [1.54, 1.807) is 25.1 Å². The Morgan fingerprint density at radius 3 is 2.71 bits per heavy atom. The van der Waals surface area contributed by atoms with Crippen molar-refractivity contribution in [3.05, 3.63) is 57.9 Å². The number of carbonyl (C=O) groups is 1. The van der Waals surface area contributed by atoms with Crippen molar-refractivity contribution in [2.45, 2.75) is 13.5 Å². The molecular formula is C16H14FN5OS. The molecule has 1 aromatic carbocycles. The van der Waals surface area contributed by atoms with Gasteiger partial charge in [-0.25, -0.2) is 19.3 Å². The van der Waals surface area contributed by atoms with Crippen molar-refractivity contribution in [1.29, 1.82) is 0 Å². The third-order valence-corrected chi connectivity index (χ3v) is 4.04. The predicted molar refractivity (Wildman–Crippen MR) is 89.9 cm³/mol. The third kappa shape index (κ3) is 3.72. The lowest BCUT2D eigenvalue weighted by molar-refractivity contribution is 0.0945. The van der Waals surface area contributed by atoms with E-state index in [-0.39, 0.29) is 29.9 Å². The van der Waals surface area contributed by atoms with Gasteiger partial charge in [0, 0.05) is 16.6 Å². The van der Waals surface area contributed by atoms with E-state index < -0.39 is 0 Å². The molecule has 0 saturated carbocycles. The molecule has 2 aromatic heterocycles. The number of hydrogen-bond donors (Lipinski definition) is 2. The third-order valence-electron chi connectivity index (χ3n) is 3.20. The second kappa shape index (κ2) is 6.71. The van der Waals surface area contributed by atoms with E-state index in [1.165, 1.54) is 23.5 Å². The normalized spacial score (nSPS) is 10.6. The van der Waals surface area contributed by atoms with Gasteiger partial charge in [-0.3, -0.25) is 4.79 Å². The summed E-state index contributed by atoms with van der Waals surface area (Å²) in [6.07, 6.45) is 0. The first-order valence-corrected chi connectivity index (χ1v) is 7.99. The molecular weight excluding hydrogens is 329 g/mol. The lowest BCUT2D eigenvalue weighted by Crippen LogP contribution is -2.24. The molecule has 0 aliphatic rings. The van der Waals surface area contributed by atoms with Gasteiger partial charge in [-0.2, -0.15) is 0 Å². The molecule has 122 valence electrons. The minimum Gasteiger partial charge on any atom is -0.368 e. The van der Waals surface area contributed by atoms with Crippen LogP contribution in [-0.4, -0.2) is 20.9 Å². The number of nitrogen functional groups attached to an aromatic ring is 1. The summed E-state index contributed by atoms with van der Waals surface area (Å²) in [5.74, 6) is -0.570. The van der Waals surface area contributed by atoms with Crippen LogP contribution in [0.4, 0.5) is 10.3 Å². The average Bonchev–Trinajstić information content (AvgIpc) is 3.01. The topological polar surface area (TPSA) is 93.8 Å². The van der Waals surface area contributed by atoms with E-state index in [2.05, 4.69) is 20.3 Å². The van der Waals surface area contributed by atoms with Gasteiger partial charge in [0.15, 0.2) is 0 Å². The number of aryl methyl sites for hydroxylation is 1. The van der Waals surface area contributed by atoms with E-state index in [1.807, 2.05) is 5.38 Å². The number of carbonyl (C=O) groups excluding carboxylic acids is 1. The van der Waals surface area contributed by atoms with E-state index in [9.17, 15) is 9.18 Å². The number of amides is 1. The number of nitrogens with zero attached hydrogens (tertiary/aromatic N) is 3. The molecule has 24 heavy (non-hydrogen) atoms. The molecule has 0 saturated heterocycles. The zero-order chi connectivity index (χ0) is 17.1. The predicted octanol–water partition coefficient (Wildman–Crippen LogP) is 2.56. The molecule has 2 heterocycles. The van der Waals surface area contributed by atoms with Crippen LogP contribution in [0.5, 0.6) is 0 Å². The van der Waals surface area contributed by atoms with Crippen LogP contribution in [0.15, 0.2) is 35.7 Å². The summed E-state index contributed by atoms with van der Waals surface area (Å²) in [6.45, 7) is 2.01. The molecule has 3 rings (SSSR count). The number of benzene rings is 1. The van der Waals surface area contributed by atoms with Crippen LogP contribution in [0.1, 0.15) is 21.2 Å². The fourth-order valence-electron chi connectivity index (χ4n) is 2.10. The minimum absolute atomic E-state index is 0.0630. The van der Waals surface area contributed by atoms with Gasteiger partial charge in [0.1, 0.15) is 16.5 Å². The van der Waals surface area contributed by atoms with E-state index in [0.29, 0.717) is 5.69 Å². The summed E-state index contributed by atoms with van der Waals surface area (Å²) in [6, 6.07) is 7.67. The molecule has 3 aromatic rings. The quantitative estimate of drug-likeness (QED) is 0.759. The molecule has 0 spiro atoms. The number of halogens is 1. The van der Waals surface area contributed by atoms with Crippen molar-refractivity contribution in [3.63, 3.8) is 0 Å². The lowest BCUT2D eigenvalue weighted by atomic mass is 10.2. The highest BCUT2D eigenvalue weighted by Crippen LogP contribution is 2.22. The minimum atomic E-state index is -0.342. The number of aromatic nitrogens is 3. The van der Waals surface area contributed by atoms with Crippen molar-refractivity contribution in [1.82, 2.24) is 20.3 Å².